The fourth-order valence-corrected chi connectivity index (χ4v) is 3.63. The maximum Gasteiger partial charge on any atom is 0.0727 e. The van der Waals surface area contributed by atoms with Crippen molar-refractivity contribution in [3.63, 3.8) is 0 Å². The Morgan fingerprint density at radius 2 is 1.71 bits per heavy atom. The molecule has 0 aromatic carbocycles. The average molecular weight is 242 g/mol. The molecule has 0 bridgehead atoms. The van der Waals surface area contributed by atoms with Crippen molar-refractivity contribution in [1.29, 1.82) is 0 Å². The number of hydrogen-bond donors (Lipinski definition) is 2. The standard InChI is InChI=1S/C14H26O3/c1-2-12-3-5-14(16,6-4-12)13(11-15)7-9-17-10-8-13/h12,15-16H,2-11H2,1H3. The Balaban J connectivity index is 2.08. The summed E-state index contributed by atoms with van der Waals surface area (Å²) in [5, 5.41) is 20.7. The van der Waals surface area contributed by atoms with Crippen LogP contribution in [0.2, 0.25) is 0 Å². The van der Waals surface area contributed by atoms with Gasteiger partial charge in [-0.3, -0.25) is 0 Å². The summed E-state index contributed by atoms with van der Waals surface area (Å²) in [5.41, 5.74) is -0.957. The van der Waals surface area contributed by atoms with Gasteiger partial charge in [-0.25, -0.2) is 0 Å². The van der Waals surface area contributed by atoms with Crippen LogP contribution in [0.3, 0.4) is 0 Å². The Hall–Kier alpha value is -0.120. The van der Waals surface area contributed by atoms with Gasteiger partial charge in [0.25, 0.3) is 0 Å². The summed E-state index contributed by atoms with van der Waals surface area (Å²) >= 11 is 0. The van der Waals surface area contributed by atoms with E-state index in [0.29, 0.717) is 13.2 Å². The molecule has 100 valence electrons. The van der Waals surface area contributed by atoms with E-state index in [9.17, 15) is 10.2 Å². The number of rotatable bonds is 3. The van der Waals surface area contributed by atoms with Crippen molar-refractivity contribution in [3.05, 3.63) is 0 Å². The fraction of sp³-hybridized carbons (Fsp3) is 1.00. The molecule has 0 atom stereocenters. The zero-order valence-corrected chi connectivity index (χ0v) is 11.0. The maximum atomic E-state index is 10.9. The lowest BCUT2D eigenvalue weighted by Crippen LogP contribution is -2.55. The minimum Gasteiger partial charge on any atom is -0.396 e. The molecule has 1 saturated carbocycles. The molecule has 1 aliphatic heterocycles. The second kappa shape index (κ2) is 5.25. The molecule has 0 radical (unpaired) electrons. The van der Waals surface area contributed by atoms with Crippen LogP contribution in [-0.2, 0) is 4.74 Å². The van der Waals surface area contributed by atoms with Gasteiger partial charge >= 0.3 is 0 Å². The molecule has 2 N–H and O–H groups in total. The van der Waals surface area contributed by atoms with Crippen LogP contribution in [0.5, 0.6) is 0 Å². The van der Waals surface area contributed by atoms with Crippen molar-refractivity contribution in [2.24, 2.45) is 11.3 Å². The van der Waals surface area contributed by atoms with E-state index in [1.807, 2.05) is 0 Å². The molecule has 0 unspecified atom stereocenters. The molecule has 3 nitrogen and oxygen atoms in total. The SMILES string of the molecule is CCC1CCC(O)(C2(CO)CCOCC2)CC1. The highest BCUT2D eigenvalue weighted by Crippen LogP contribution is 2.49. The van der Waals surface area contributed by atoms with Crippen LogP contribution < -0.4 is 0 Å². The van der Waals surface area contributed by atoms with Crippen molar-refractivity contribution in [3.8, 4) is 0 Å². The highest BCUT2D eigenvalue weighted by Gasteiger charge is 2.51. The number of hydrogen-bond acceptors (Lipinski definition) is 3. The zero-order chi connectivity index (χ0) is 12.4. The molecule has 0 spiro atoms. The van der Waals surface area contributed by atoms with Crippen LogP contribution in [0.1, 0.15) is 51.9 Å². The van der Waals surface area contributed by atoms with Gasteiger partial charge in [0.05, 0.1) is 12.2 Å². The molecule has 1 saturated heterocycles. The molecule has 2 aliphatic rings. The summed E-state index contributed by atoms with van der Waals surface area (Å²) < 4.78 is 5.38. The molecule has 0 amide bonds. The fourth-order valence-electron chi connectivity index (χ4n) is 3.63. The highest BCUT2D eigenvalue weighted by molar-refractivity contribution is 5.02. The first kappa shape index (κ1) is 13.3. The molecule has 0 aromatic rings. The summed E-state index contributed by atoms with van der Waals surface area (Å²) in [6, 6.07) is 0. The average Bonchev–Trinajstić information content (AvgIpc) is 2.40. The summed E-state index contributed by atoms with van der Waals surface area (Å²) in [7, 11) is 0. The van der Waals surface area contributed by atoms with Gasteiger partial charge in [0, 0.05) is 18.6 Å². The molecule has 17 heavy (non-hydrogen) atoms. The number of aliphatic hydroxyl groups is 2. The van der Waals surface area contributed by atoms with Gasteiger partial charge in [0.1, 0.15) is 0 Å². The molecule has 3 heteroatoms. The van der Waals surface area contributed by atoms with Crippen LogP contribution in [0.25, 0.3) is 0 Å². The second-order valence-corrected chi connectivity index (χ2v) is 5.93. The quantitative estimate of drug-likeness (QED) is 0.797. The Morgan fingerprint density at radius 3 is 2.18 bits per heavy atom. The van der Waals surface area contributed by atoms with Gasteiger partial charge in [-0.05, 0) is 44.4 Å². The zero-order valence-electron chi connectivity index (χ0n) is 11.0. The first-order valence-electron chi connectivity index (χ1n) is 7.07. The smallest absolute Gasteiger partial charge is 0.0727 e. The van der Waals surface area contributed by atoms with Crippen LogP contribution in [-0.4, -0.2) is 35.6 Å². The maximum absolute atomic E-state index is 10.9. The van der Waals surface area contributed by atoms with E-state index in [1.54, 1.807) is 0 Å². The van der Waals surface area contributed by atoms with Crippen LogP contribution >= 0.6 is 0 Å². The normalized spacial score (nSPS) is 37.9. The van der Waals surface area contributed by atoms with Gasteiger partial charge in [0.15, 0.2) is 0 Å². The van der Waals surface area contributed by atoms with E-state index in [4.69, 9.17) is 4.74 Å². The lowest BCUT2D eigenvalue weighted by atomic mass is 9.60. The molecule has 0 aromatic heterocycles. The Kier molecular flexibility index (Phi) is 4.11. The van der Waals surface area contributed by atoms with Crippen LogP contribution in [0, 0.1) is 11.3 Å². The second-order valence-electron chi connectivity index (χ2n) is 5.93. The lowest BCUT2D eigenvalue weighted by molar-refractivity contribution is -0.172. The molecule has 1 heterocycles. The van der Waals surface area contributed by atoms with E-state index < -0.39 is 5.60 Å². The van der Waals surface area contributed by atoms with E-state index in [0.717, 1.165) is 44.4 Å². The van der Waals surface area contributed by atoms with Crippen molar-refractivity contribution in [1.82, 2.24) is 0 Å². The third-order valence-electron chi connectivity index (χ3n) is 5.25. The third kappa shape index (κ3) is 2.38. The van der Waals surface area contributed by atoms with Gasteiger partial charge < -0.3 is 14.9 Å². The number of aliphatic hydroxyl groups excluding tert-OH is 1. The molecule has 1 aliphatic carbocycles. The van der Waals surface area contributed by atoms with Gasteiger partial charge in [-0.1, -0.05) is 13.3 Å². The topological polar surface area (TPSA) is 49.7 Å². The van der Waals surface area contributed by atoms with Crippen molar-refractivity contribution in [2.45, 2.75) is 57.5 Å². The first-order chi connectivity index (χ1) is 8.16. The predicted molar refractivity (Wildman–Crippen MR) is 66.8 cm³/mol. The minimum absolute atomic E-state index is 0.101. The van der Waals surface area contributed by atoms with Crippen LogP contribution in [0.15, 0.2) is 0 Å². The largest absolute Gasteiger partial charge is 0.396 e. The minimum atomic E-state index is -0.656. The first-order valence-corrected chi connectivity index (χ1v) is 7.07. The Labute approximate surface area is 104 Å². The van der Waals surface area contributed by atoms with E-state index in [1.165, 1.54) is 6.42 Å². The lowest BCUT2D eigenvalue weighted by Gasteiger charge is -2.51. The van der Waals surface area contributed by atoms with Crippen molar-refractivity contribution >= 4 is 0 Å². The predicted octanol–water partition coefficient (Wildman–Crippen LogP) is 2.11. The Bertz CT molecular complexity index is 238. The Morgan fingerprint density at radius 1 is 1.12 bits per heavy atom. The van der Waals surface area contributed by atoms with E-state index >= 15 is 0 Å². The highest BCUT2D eigenvalue weighted by atomic mass is 16.5. The van der Waals surface area contributed by atoms with Gasteiger partial charge in [-0.2, -0.15) is 0 Å². The summed E-state index contributed by atoms with van der Waals surface area (Å²) in [6.45, 7) is 3.69. The molecule has 2 rings (SSSR count). The van der Waals surface area contributed by atoms with E-state index in [2.05, 4.69) is 6.92 Å². The monoisotopic (exact) mass is 242 g/mol. The summed E-state index contributed by atoms with van der Waals surface area (Å²) in [6.07, 6.45) is 6.74. The molecular weight excluding hydrogens is 216 g/mol. The molecular formula is C14H26O3. The van der Waals surface area contributed by atoms with Crippen molar-refractivity contribution in [2.75, 3.05) is 19.8 Å². The molecule has 2 fully saturated rings. The van der Waals surface area contributed by atoms with Gasteiger partial charge in [0.2, 0.25) is 0 Å². The summed E-state index contributed by atoms with van der Waals surface area (Å²) in [5.74, 6) is 0.769. The van der Waals surface area contributed by atoms with Gasteiger partial charge in [-0.15, -0.1) is 0 Å². The summed E-state index contributed by atoms with van der Waals surface area (Å²) in [4.78, 5) is 0. The number of ether oxygens (including phenoxy) is 1. The van der Waals surface area contributed by atoms with Crippen molar-refractivity contribution < 1.29 is 14.9 Å². The van der Waals surface area contributed by atoms with E-state index in [-0.39, 0.29) is 12.0 Å². The third-order valence-corrected chi connectivity index (χ3v) is 5.25. The van der Waals surface area contributed by atoms with Crippen LogP contribution in [0.4, 0.5) is 0 Å².